The van der Waals surface area contributed by atoms with Crippen LogP contribution in [0.1, 0.15) is 25.3 Å². The molecule has 3 N–H and O–H groups in total. The van der Waals surface area contributed by atoms with E-state index < -0.39 is 0 Å². The summed E-state index contributed by atoms with van der Waals surface area (Å²) in [6, 6.07) is 15.8. The fourth-order valence-corrected chi connectivity index (χ4v) is 2.92. The first-order valence-corrected chi connectivity index (χ1v) is 9.41. The molecule has 1 amide bonds. The Hall–Kier alpha value is -2.93. The zero-order valence-corrected chi connectivity index (χ0v) is 16.1. The van der Waals surface area contributed by atoms with E-state index in [0.717, 1.165) is 23.1 Å². The summed E-state index contributed by atoms with van der Waals surface area (Å²) in [6.45, 7) is 2.34. The average molecular weight is 382 g/mol. The van der Waals surface area contributed by atoms with Gasteiger partial charge in [0.15, 0.2) is 5.11 Å². The van der Waals surface area contributed by atoms with Crippen molar-refractivity contribution in [3.05, 3.63) is 60.4 Å². The van der Waals surface area contributed by atoms with Crippen molar-refractivity contribution < 1.29 is 4.79 Å². The summed E-state index contributed by atoms with van der Waals surface area (Å²) in [5.74, 6) is -0.211. The van der Waals surface area contributed by atoms with Crippen LogP contribution in [-0.2, 0) is 17.8 Å². The van der Waals surface area contributed by atoms with Gasteiger partial charge in [-0.25, -0.2) is 4.98 Å². The highest BCUT2D eigenvalue weighted by Gasteiger charge is 2.07. The van der Waals surface area contributed by atoms with Crippen LogP contribution in [0.3, 0.4) is 0 Å². The monoisotopic (exact) mass is 381 g/mol. The largest absolute Gasteiger partial charge is 0.331 e. The maximum Gasteiger partial charge on any atom is 0.258 e. The van der Waals surface area contributed by atoms with Gasteiger partial charge in [-0.3, -0.25) is 15.6 Å². The number of carbonyl (C=O) groups excluding carboxylic acids is 1. The molecule has 2 aromatic carbocycles. The van der Waals surface area contributed by atoms with Crippen LogP contribution in [0.5, 0.6) is 0 Å². The Balaban J connectivity index is 1.46. The van der Waals surface area contributed by atoms with Gasteiger partial charge >= 0.3 is 0 Å². The fourth-order valence-electron chi connectivity index (χ4n) is 2.76. The Kier molecular flexibility index (Phi) is 6.38. The smallest absolute Gasteiger partial charge is 0.258 e. The topological polar surface area (TPSA) is 71.0 Å². The minimum absolute atomic E-state index is 0.155. The molecular weight excluding hydrogens is 358 g/mol. The molecule has 1 aromatic heterocycles. The van der Waals surface area contributed by atoms with Crippen LogP contribution in [-0.4, -0.2) is 20.6 Å². The predicted molar refractivity (Wildman–Crippen MR) is 112 cm³/mol. The molecule has 0 aliphatic heterocycles. The average Bonchev–Trinajstić information content (AvgIpc) is 3.09. The maximum atomic E-state index is 12.1. The second-order valence-electron chi connectivity index (χ2n) is 6.29. The molecule has 0 spiro atoms. The molecule has 140 valence electrons. The highest BCUT2D eigenvalue weighted by atomic mass is 32.1. The van der Waals surface area contributed by atoms with Crippen molar-refractivity contribution in [3.63, 3.8) is 0 Å². The zero-order chi connectivity index (χ0) is 19.1. The molecule has 0 unspecified atom stereocenters. The Bertz CT molecular complexity index is 920. The lowest BCUT2D eigenvalue weighted by Crippen LogP contribution is -2.45. The number of anilines is 1. The summed E-state index contributed by atoms with van der Waals surface area (Å²) < 4.78 is 1.79. The van der Waals surface area contributed by atoms with Crippen LogP contribution < -0.4 is 16.2 Å². The molecule has 0 bridgehead atoms. The molecule has 0 atom stereocenters. The van der Waals surface area contributed by atoms with Gasteiger partial charge in [0, 0.05) is 5.69 Å². The summed E-state index contributed by atoms with van der Waals surface area (Å²) in [6.07, 6.45) is 5.10. The molecule has 0 aliphatic rings. The summed E-state index contributed by atoms with van der Waals surface area (Å²) in [5.41, 5.74) is 9.29. The van der Waals surface area contributed by atoms with Crippen molar-refractivity contribution in [2.75, 3.05) is 5.32 Å². The number of nitrogens with zero attached hydrogens (tertiary/aromatic N) is 2. The van der Waals surface area contributed by atoms with Crippen molar-refractivity contribution in [1.29, 1.82) is 0 Å². The SMILES string of the molecule is CCCCc1ccc(NC(=S)NNC(=O)Cn2cnc3ccccc32)cc1. The first-order chi connectivity index (χ1) is 13.2. The number of aryl methyl sites for hydroxylation is 1. The van der Waals surface area contributed by atoms with Gasteiger partial charge in [-0.2, -0.15) is 0 Å². The lowest BCUT2D eigenvalue weighted by molar-refractivity contribution is -0.122. The number of hydrogen-bond acceptors (Lipinski definition) is 3. The normalized spacial score (nSPS) is 10.6. The van der Waals surface area contributed by atoms with Gasteiger partial charge in [0.05, 0.1) is 17.4 Å². The number of nitrogens with one attached hydrogen (secondary N) is 3. The molecule has 3 aromatic rings. The summed E-state index contributed by atoms with van der Waals surface area (Å²) in [4.78, 5) is 16.4. The molecule has 0 saturated carbocycles. The van der Waals surface area contributed by atoms with Gasteiger partial charge in [0.25, 0.3) is 5.91 Å². The number of rotatable bonds is 6. The molecule has 0 saturated heterocycles. The van der Waals surface area contributed by atoms with Gasteiger partial charge in [0.2, 0.25) is 0 Å². The van der Waals surface area contributed by atoms with E-state index in [0.29, 0.717) is 5.11 Å². The summed E-state index contributed by atoms with van der Waals surface area (Å²) in [7, 11) is 0. The van der Waals surface area contributed by atoms with Gasteiger partial charge < -0.3 is 9.88 Å². The molecule has 6 nitrogen and oxygen atoms in total. The van der Waals surface area contributed by atoms with Gasteiger partial charge in [-0.15, -0.1) is 0 Å². The molecule has 7 heteroatoms. The quantitative estimate of drug-likeness (QED) is 0.451. The zero-order valence-electron chi connectivity index (χ0n) is 15.2. The number of hydrogen-bond donors (Lipinski definition) is 3. The number of thiocarbonyl (C=S) groups is 1. The van der Waals surface area contributed by atoms with Crippen LogP contribution in [0.4, 0.5) is 5.69 Å². The minimum Gasteiger partial charge on any atom is -0.331 e. The van der Waals surface area contributed by atoms with E-state index in [-0.39, 0.29) is 12.5 Å². The van der Waals surface area contributed by atoms with E-state index >= 15 is 0 Å². The molecule has 0 fully saturated rings. The lowest BCUT2D eigenvalue weighted by atomic mass is 10.1. The van der Waals surface area contributed by atoms with Gasteiger partial charge in [0.1, 0.15) is 6.54 Å². The molecule has 1 heterocycles. The third kappa shape index (κ3) is 5.27. The first-order valence-electron chi connectivity index (χ1n) is 9.00. The predicted octanol–water partition coefficient (Wildman–Crippen LogP) is 3.40. The molecular formula is C20H23N5OS. The number of imidazole rings is 1. The highest BCUT2D eigenvalue weighted by Crippen LogP contribution is 2.12. The first kappa shape index (κ1) is 18.8. The van der Waals surface area contributed by atoms with E-state index in [4.69, 9.17) is 12.2 Å². The van der Waals surface area contributed by atoms with Gasteiger partial charge in [-0.05, 0) is 54.9 Å². The fraction of sp³-hybridized carbons (Fsp3) is 0.250. The van der Waals surface area contributed by atoms with Crippen LogP contribution in [0, 0.1) is 0 Å². The van der Waals surface area contributed by atoms with Crippen molar-refractivity contribution in [2.45, 2.75) is 32.7 Å². The van der Waals surface area contributed by atoms with E-state index in [2.05, 4.69) is 40.2 Å². The van der Waals surface area contributed by atoms with E-state index in [1.54, 1.807) is 10.9 Å². The number of para-hydroxylation sites is 2. The molecule has 0 radical (unpaired) electrons. The number of benzene rings is 2. The lowest BCUT2D eigenvalue weighted by Gasteiger charge is -2.12. The van der Waals surface area contributed by atoms with Crippen LogP contribution in [0.2, 0.25) is 0 Å². The van der Waals surface area contributed by atoms with Gasteiger partial charge in [-0.1, -0.05) is 37.6 Å². The summed E-state index contributed by atoms with van der Waals surface area (Å²) >= 11 is 5.23. The number of hydrazine groups is 1. The third-order valence-electron chi connectivity index (χ3n) is 4.19. The van der Waals surface area contributed by atoms with Crippen molar-refractivity contribution in [3.8, 4) is 0 Å². The van der Waals surface area contributed by atoms with E-state index in [1.807, 2.05) is 36.4 Å². The molecule has 3 rings (SSSR count). The standard InChI is InChI=1S/C20H23N5OS/c1-2-3-6-15-9-11-16(12-10-15)22-20(27)24-23-19(26)13-25-14-21-17-7-4-5-8-18(17)25/h4-5,7-12,14H,2-3,6,13H2,1H3,(H,23,26)(H2,22,24,27). The van der Waals surface area contributed by atoms with Crippen LogP contribution in [0.25, 0.3) is 11.0 Å². The molecule has 0 aliphatic carbocycles. The van der Waals surface area contributed by atoms with Crippen LogP contribution in [0.15, 0.2) is 54.9 Å². The minimum atomic E-state index is -0.211. The number of unbranched alkanes of at least 4 members (excludes halogenated alkanes) is 1. The maximum absolute atomic E-state index is 12.1. The van der Waals surface area contributed by atoms with Crippen molar-refractivity contribution in [1.82, 2.24) is 20.4 Å². The summed E-state index contributed by atoms with van der Waals surface area (Å²) in [5, 5.41) is 3.39. The van der Waals surface area contributed by atoms with Crippen LogP contribution >= 0.6 is 12.2 Å². The third-order valence-corrected chi connectivity index (χ3v) is 4.39. The second-order valence-corrected chi connectivity index (χ2v) is 6.70. The van der Waals surface area contributed by atoms with E-state index in [9.17, 15) is 4.79 Å². The Morgan fingerprint density at radius 3 is 2.67 bits per heavy atom. The number of fused-ring (bicyclic) bond motifs is 1. The Morgan fingerprint density at radius 2 is 1.89 bits per heavy atom. The Labute approximate surface area is 164 Å². The number of carbonyl (C=O) groups is 1. The number of amides is 1. The van der Waals surface area contributed by atoms with Crippen molar-refractivity contribution >= 4 is 40.0 Å². The number of aromatic nitrogens is 2. The highest BCUT2D eigenvalue weighted by molar-refractivity contribution is 7.80. The molecule has 27 heavy (non-hydrogen) atoms. The van der Waals surface area contributed by atoms with E-state index in [1.165, 1.54) is 18.4 Å². The van der Waals surface area contributed by atoms with Crippen molar-refractivity contribution in [2.24, 2.45) is 0 Å². The second kappa shape index (κ2) is 9.14. The Morgan fingerprint density at radius 1 is 1.11 bits per heavy atom.